The Kier molecular flexibility index (Phi) is 3.47. The minimum Gasteiger partial charge on any atom is -0.299 e. The molecule has 0 radical (unpaired) electrons. The molecule has 0 unspecified atom stereocenters. The van der Waals surface area contributed by atoms with Crippen LogP contribution in [0.2, 0.25) is 5.02 Å². The first-order valence-electron chi connectivity index (χ1n) is 6.42. The van der Waals surface area contributed by atoms with Crippen molar-refractivity contribution in [2.45, 2.75) is 6.54 Å². The van der Waals surface area contributed by atoms with Gasteiger partial charge in [-0.05, 0) is 17.7 Å². The average Bonchev–Trinajstić information content (AvgIpc) is 2.86. The number of nitrogens with two attached hydrogens (primary N) is 1. The molecule has 9 heteroatoms. The zero-order chi connectivity index (χ0) is 15.9. The van der Waals surface area contributed by atoms with E-state index < -0.39 is 11.2 Å². The standard InChI is InChI=1S/C13H13ClN6O2/c1-19-10-9(11(21)17-13(19)22)20(12(16-10)18-15)6-7-2-4-8(14)5-3-7/h2-5H,6,15H2,1H3,(H,16,18)(H,17,21,22). The maximum Gasteiger partial charge on any atom is 0.329 e. The van der Waals surface area contributed by atoms with Crippen LogP contribution in [0.5, 0.6) is 0 Å². The van der Waals surface area contributed by atoms with Gasteiger partial charge in [-0.1, -0.05) is 23.7 Å². The van der Waals surface area contributed by atoms with Crippen LogP contribution in [-0.4, -0.2) is 19.1 Å². The molecular formula is C13H13ClN6O2. The molecule has 0 aliphatic heterocycles. The molecule has 8 nitrogen and oxygen atoms in total. The summed E-state index contributed by atoms with van der Waals surface area (Å²) in [6, 6.07) is 7.19. The van der Waals surface area contributed by atoms with Gasteiger partial charge < -0.3 is 0 Å². The van der Waals surface area contributed by atoms with Gasteiger partial charge in [-0.25, -0.2) is 10.6 Å². The van der Waals surface area contributed by atoms with E-state index in [0.717, 1.165) is 5.56 Å². The highest BCUT2D eigenvalue weighted by atomic mass is 35.5. The van der Waals surface area contributed by atoms with Crippen molar-refractivity contribution in [2.24, 2.45) is 12.9 Å². The monoisotopic (exact) mass is 320 g/mol. The van der Waals surface area contributed by atoms with Crippen LogP contribution in [0, 0.1) is 0 Å². The number of halogens is 1. The Morgan fingerprint density at radius 2 is 2.00 bits per heavy atom. The first-order valence-corrected chi connectivity index (χ1v) is 6.79. The second-order valence-corrected chi connectivity index (χ2v) is 5.22. The van der Waals surface area contributed by atoms with Gasteiger partial charge in [-0.3, -0.25) is 24.3 Å². The molecule has 0 amide bonds. The van der Waals surface area contributed by atoms with Gasteiger partial charge >= 0.3 is 5.69 Å². The fraction of sp³-hybridized carbons (Fsp3) is 0.154. The molecular weight excluding hydrogens is 308 g/mol. The molecule has 0 fully saturated rings. The predicted octanol–water partition coefficient (Wildman–Crippen LogP) is 0.411. The second kappa shape index (κ2) is 5.32. The summed E-state index contributed by atoms with van der Waals surface area (Å²) in [4.78, 5) is 30.2. The molecule has 3 aromatic rings. The van der Waals surface area contributed by atoms with Gasteiger partial charge in [-0.15, -0.1) is 0 Å². The molecule has 0 spiro atoms. The Labute approximate surface area is 129 Å². The van der Waals surface area contributed by atoms with Crippen molar-refractivity contribution in [1.29, 1.82) is 0 Å². The number of hydrogen-bond donors (Lipinski definition) is 3. The number of hydrogen-bond acceptors (Lipinski definition) is 5. The number of rotatable bonds is 3. The van der Waals surface area contributed by atoms with Crippen LogP contribution in [0.3, 0.4) is 0 Å². The van der Waals surface area contributed by atoms with Crippen molar-refractivity contribution < 1.29 is 0 Å². The smallest absolute Gasteiger partial charge is 0.299 e. The van der Waals surface area contributed by atoms with Crippen LogP contribution in [0.4, 0.5) is 5.95 Å². The quantitative estimate of drug-likeness (QED) is 0.478. The van der Waals surface area contributed by atoms with E-state index in [1.54, 1.807) is 16.7 Å². The Bertz CT molecular complexity index is 954. The molecule has 114 valence electrons. The van der Waals surface area contributed by atoms with Crippen molar-refractivity contribution >= 4 is 28.7 Å². The number of anilines is 1. The number of fused-ring (bicyclic) bond motifs is 1. The van der Waals surface area contributed by atoms with Crippen LogP contribution < -0.4 is 22.5 Å². The molecule has 2 aromatic heterocycles. The van der Waals surface area contributed by atoms with Crippen molar-refractivity contribution in [2.75, 3.05) is 5.43 Å². The number of nitrogens with zero attached hydrogens (tertiary/aromatic N) is 3. The predicted molar refractivity (Wildman–Crippen MR) is 84.0 cm³/mol. The molecule has 1 aromatic carbocycles. The maximum atomic E-state index is 12.1. The average molecular weight is 321 g/mol. The molecule has 3 rings (SSSR count). The van der Waals surface area contributed by atoms with E-state index in [9.17, 15) is 9.59 Å². The van der Waals surface area contributed by atoms with Crippen molar-refractivity contribution in [3.8, 4) is 0 Å². The molecule has 0 aliphatic carbocycles. The summed E-state index contributed by atoms with van der Waals surface area (Å²) in [5, 5.41) is 0.622. The largest absolute Gasteiger partial charge is 0.329 e. The Morgan fingerprint density at radius 1 is 1.32 bits per heavy atom. The van der Waals surface area contributed by atoms with E-state index in [2.05, 4.69) is 15.4 Å². The van der Waals surface area contributed by atoms with Gasteiger partial charge in [0.15, 0.2) is 11.2 Å². The van der Waals surface area contributed by atoms with E-state index in [4.69, 9.17) is 17.4 Å². The third kappa shape index (κ3) is 2.28. The fourth-order valence-electron chi connectivity index (χ4n) is 2.27. The lowest BCUT2D eigenvalue weighted by atomic mass is 10.2. The number of H-pyrrole nitrogens is 1. The van der Waals surface area contributed by atoms with Crippen LogP contribution >= 0.6 is 11.6 Å². The SMILES string of the molecule is Cn1c(=O)[nH]c(=O)c2c1nc(NN)n2Cc1ccc(Cl)cc1. The highest BCUT2D eigenvalue weighted by Gasteiger charge is 2.16. The minimum absolute atomic E-state index is 0.260. The lowest BCUT2D eigenvalue weighted by molar-refractivity contribution is 0.808. The highest BCUT2D eigenvalue weighted by Crippen LogP contribution is 2.18. The summed E-state index contributed by atoms with van der Waals surface area (Å²) >= 11 is 5.87. The summed E-state index contributed by atoms with van der Waals surface area (Å²) in [6.45, 7) is 0.356. The number of benzene rings is 1. The number of hydrazine groups is 1. The number of nitrogen functional groups attached to an aromatic ring is 1. The molecule has 2 heterocycles. The van der Waals surface area contributed by atoms with Gasteiger partial charge in [0.1, 0.15) is 0 Å². The summed E-state index contributed by atoms with van der Waals surface area (Å²) in [5.74, 6) is 5.76. The van der Waals surface area contributed by atoms with Gasteiger partial charge in [0, 0.05) is 12.1 Å². The summed E-state index contributed by atoms with van der Waals surface area (Å²) in [5.41, 5.74) is 2.84. The van der Waals surface area contributed by atoms with Crippen molar-refractivity contribution in [3.05, 3.63) is 55.7 Å². The maximum absolute atomic E-state index is 12.1. The number of aromatic nitrogens is 4. The van der Waals surface area contributed by atoms with Crippen LogP contribution in [0.15, 0.2) is 33.9 Å². The molecule has 0 saturated heterocycles. The lowest BCUT2D eigenvalue weighted by Crippen LogP contribution is -2.29. The Morgan fingerprint density at radius 3 is 2.64 bits per heavy atom. The second-order valence-electron chi connectivity index (χ2n) is 4.78. The normalized spacial score (nSPS) is 11.0. The zero-order valence-electron chi connectivity index (χ0n) is 11.6. The van der Waals surface area contributed by atoms with Crippen LogP contribution in [-0.2, 0) is 13.6 Å². The number of imidazole rings is 1. The van der Waals surface area contributed by atoms with E-state index in [1.165, 1.54) is 11.6 Å². The van der Waals surface area contributed by atoms with Gasteiger partial charge in [0.25, 0.3) is 5.56 Å². The summed E-state index contributed by atoms with van der Waals surface area (Å²) < 4.78 is 2.87. The minimum atomic E-state index is -0.530. The molecule has 22 heavy (non-hydrogen) atoms. The van der Waals surface area contributed by atoms with Gasteiger partial charge in [0.05, 0.1) is 6.54 Å². The lowest BCUT2D eigenvalue weighted by Gasteiger charge is -2.08. The topological polar surface area (TPSA) is 111 Å². The highest BCUT2D eigenvalue weighted by molar-refractivity contribution is 6.30. The van der Waals surface area contributed by atoms with Crippen molar-refractivity contribution in [3.63, 3.8) is 0 Å². The molecule has 0 aliphatic rings. The molecule has 0 bridgehead atoms. The third-order valence-corrected chi connectivity index (χ3v) is 3.64. The fourth-order valence-corrected chi connectivity index (χ4v) is 2.40. The number of aryl methyl sites for hydroxylation is 1. The van der Waals surface area contributed by atoms with Crippen LogP contribution in [0.25, 0.3) is 11.2 Å². The summed E-state index contributed by atoms with van der Waals surface area (Å²) in [7, 11) is 1.53. The first-order chi connectivity index (χ1) is 10.5. The van der Waals surface area contributed by atoms with E-state index >= 15 is 0 Å². The van der Waals surface area contributed by atoms with Crippen LogP contribution in [0.1, 0.15) is 5.56 Å². The van der Waals surface area contributed by atoms with Gasteiger partial charge in [0.2, 0.25) is 5.95 Å². The molecule has 0 atom stereocenters. The van der Waals surface area contributed by atoms with Crippen molar-refractivity contribution in [1.82, 2.24) is 19.1 Å². The first kappa shape index (κ1) is 14.4. The third-order valence-electron chi connectivity index (χ3n) is 3.39. The van der Waals surface area contributed by atoms with E-state index in [-0.39, 0.29) is 17.1 Å². The Hall–Kier alpha value is -2.58. The zero-order valence-corrected chi connectivity index (χ0v) is 12.4. The van der Waals surface area contributed by atoms with Gasteiger partial charge in [-0.2, -0.15) is 4.98 Å². The summed E-state index contributed by atoms with van der Waals surface area (Å²) in [6.07, 6.45) is 0. The molecule has 0 saturated carbocycles. The molecule has 4 N–H and O–H groups in total. The van der Waals surface area contributed by atoms with E-state index in [0.29, 0.717) is 11.6 Å². The van der Waals surface area contributed by atoms with E-state index in [1.807, 2.05) is 12.1 Å². The Balaban J connectivity index is 2.24. The number of aromatic amines is 1. The number of nitrogens with one attached hydrogen (secondary N) is 2.